The van der Waals surface area contributed by atoms with E-state index in [1.54, 1.807) is 0 Å². The molecule has 1 heterocycles. The second kappa shape index (κ2) is 7.00. The number of hydrogen-bond acceptors (Lipinski definition) is 2. The summed E-state index contributed by atoms with van der Waals surface area (Å²) in [6.07, 6.45) is 1.09. The van der Waals surface area contributed by atoms with E-state index in [9.17, 15) is 4.79 Å². The lowest BCUT2D eigenvalue weighted by atomic mass is 10.2. The van der Waals surface area contributed by atoms with Crippen molar-refractivity contribution in [2.24, 2.45) is 0 Å². The number of carbonyl (C=O) groups is 1. The van der Waals surface area contributed by atoms with Crippen molar-refractivity contribution >= 4 is 40.0 Å². The van der Waals surface area contributed by atoms with E-state index in [2.05, 4.69) is 62.4 Å². The van der Waals surface area contributed by atoms with Crippen LogP contribution in [0.5, 0.6) is 0 Å². The standard InChI is InChI=1S/C17H18IN3O/c18-14-6-2-3-7-15(14)20-17(22)19-10-12-21-11-9-13-5-1-4-8-16(13)21/h1-8H,9-12H2,(H2,19,20,22). The van der Waals surface area contributed by atoms with Gasteiger partial charge in [-0.25, -0.2) is 4.79 Å². The maximum absolute atomic E-state index is 11.9. The molecule has 5 heteroatoms. The van der Waals surface area contributed by atoms with Crippen LogP contribution < -0.4 is 15.5 Å². The predicted molar refractivity (Wildman–Crippen MR) is 98.5 cm³/mol. The van der Waals surface area contributed by atoms with Crippen molar-refractivity contribution in [2.45, 2.75) is 6.42 Å². The Morgan fingerprint density at radius 2 is 1.91 bits per heavy atom. The minimum atomic E-state index is -0.156. The number of para-hydroxylation sites is 2. The van der Waals surface area contributed by atoms with Gasteiger partial charge in [0.25, 0.3) is 0 Å². The Labute approximate surface area is 144 Å². The number of benzene rings is 2. The molecular weight excluding hydrogens is 389 g/mol. The highest BCUT2D eigenvalue weighted by Crippen LogP contribution is 2.26. The Kier molecular flexibility index (Phi) is 4.82. The van der Waals surface area contributed by atoms with Gasteiger partial charge >= 0.3 is 6.03 Å². The summed E-state index contributed by atoms with van der Waals surface area (Å²) in [5.41, 5.74) is 3.53. The first-order valence-corrected chi connectivity index (χ1v) is 8.44. The Hall–Kier alpha value is -1.76. The number of nitrogens with one attached hydrogen (secondary N) is 2. The van der Waals surface area contributed by atoms with Crippen molar-refractivity contribution in [3.63, 3.8) is 0 Å². The summed E-state index contributed by atoms with van der Waals surface area (Å²) in [7, 11) is 0. The lowest BCUT2D eigenvalue weighted by molar-refractivity contribution is 0.252. The molecule has 0 fully saturated rings. The van der Waals surface area contributed by atoms with Gasteiger partial charge in [-0.15, -0.1) is 0 Å². The fourth-order valence-corrected chi connectivity index (χ4v) is 3.19. The van der Waals surface area contributed by atoms with Crippen LogP contribution in [0.25, 0.3) is 0 Å². The van der Waals surface area contributed by atoms with Crippen molar-refractivity contribution in [3.8, 4) is 0 Å². The van der Waals surface area contributed by atoms with Crippen molar-refractivity contribution in [1.29, 1.82) is 0 Å². The summed E-state index contributed by atoms with van der Waals surface area (Å²) >= 11 is 2.21. The van der Waals surface area contributed by atoms with Crippen LogP contribution in [0.1, 0.15) is 5.56 Å². The number of carbonyl (C=O) groups excluding carboxylic acids is 1. The normalized spacial score (nSPS) is 12.9. The third-order valence-corrected chi connectivity index (χ3v) is 4.71. The van der Waals surface area contributed by atoms with Crippen molar-refractivity contribution in [3.05, 3.63) is 57.7 Å². The smallest absolute Gasteiger partial charge is 0.319 e. The number of halogens is 1. The van der Waals surface area contributed by atoms with Crippen LogP contribution in [0.2, 0.25) is 0 Å². The van der Waals surface area contributed by atoms with E-state index in [1.807, 2.05) is 24.3 Å². The van der Waals surface area contributed by atoms with Crippen molar-refractivity contribution in [1.82, 2.24) is 5.32 Å². The molecule has 4 nitrogen and oxygen atoms in total. The highest BCUT2D eigenvalue weighted by Gasteiger charge is 2.17. The molecule has 0 spiro atoms. The van der Waals surface area contributed by atoms with Crippen molar-refractivity contribution in [2.75, 3.05) is 29.9 Å². The molecule has 2 aromatic rings. The SMILES string of the molecule is O=C(NCCN1CCc2ccccc21)Nc1ccccc1I. The topological polar surface area (TPSA) is 44.4 Å². The first-order chi connectivity index (χ1) is 10.7. The molecule has 2 amide bonds. The maximum atomic E-state index is 11.9. The van der Waals surface area contributed by atoms with Gasteiger partial charge in [-0.05, 0) is 52.8 Å². The minimum absolute atomic E-state index is 0.156. The number of anilines is 2. The number of fused-ring (bicyclic) bond motifs is 1. The molecule has 0 unspecified atom stereocenters. The quantitative estimate of drug-likeness (QED) is 0.763. The van der Waals surface area contributed by atoms with Crippen LogP contribution >= 0.6 is 22.6 Å². The second-order valence-electron chi connectivity index (χ2n) is 5.23. The lowest BCUT2D eigenvalue weighted by Crippen LogP contribution is -2.36. The van der Waals surface area contributed by atoms with Gasteiger partial charge < -0.3 is 15.5 Å². The number of urea groups is 1. The fourth-order valence-electron chi connectivity index (χ4n) is 2.67. The van der Waals surface area contributed by atoms with Gasteiger partial charge in [0.1, 0.15) is 0 Å². The van der Waals surface area contributed by atoms with E-state index >= 15 is 0 Å². The zero-order valence-corrected chi connectivity index (χ0v) is 14.3. The van der Waals surface area contributed by atoms with Gasteiger partial charge in [-0.3, -0.25) is 0 Å². The number of hydrogen-bond donors (Lipinski definition) is 2. The van der Waals surface area contributed by atoms with Gasteiger partial charge in [0, 0.05) is 28.9 Å². The molecule has 0 atom stereocenters. The molecule has 0 aliphatic carbocycles. The Bertz CT molecular complexity index is 674. The van der Waals surface area contributed by atoms with E-state index in [0.717, 1.165) is 28.8 Å². The molecular formula is C17H18IN3O. The Balaban J connectivity index is 1.48. The van der Waals surface area contributed by atoms with Gasteiger partial charge in [-0.2, -0.15) is 0 Å². The summed E-state index contributed by atoms with van der Waals surface area (Å²) in [5.74, 6) is 0. The van der Waals surface area contributed by atoms with E-state index in [-0.39, 0.29) is 6.03 Å². The van der Waals surface area contributed by atoms with Crippen LogP contribution in [0.15, 0.2) is 48.5 Å². The molecule has 1 aliphatic rings. The van der Waals surface area contributed by atoms with Gasteiger partial charge in [0.2, 0.25) is 0 Å². The zero-order chi connectivity index (χ0) is 15.4. The van der Waals surface area contributed by atoms with Gasteiger partial charge in [-0.1, -0.05) is 30.3 Å². The van der Waals surface area contributed by atoms with Crippen LogP contribution in [0, 0.1) is 3.57 Å². The second-order valence-corrected chi connectivity index (χ2v) is 6.39. The molecule has 3 rings (SSSR count). The summed E-state index contributed by atoms with van der Waals surface area (Å²) in [5, 5.41) is 5.80. The van der Waals surface area contributed by atoms with Crippen molar-refractivity contribution < 1.29 is 4.79 Å². The molecule has 0 bridgehead atoms. The molecule has 0 aromatic heterocycles. The molecule has 114 valence electrons. The first-order valence-electron chi connectivity index (χ1n) is 7.36. The highest BCUT2D eigenvalue weighted by atomic mass is 127. The van der Waals surface area contributed by atoms with Gasteiger partial charge in [0.15, 0.2) is 0 Å². The first kappa shape index (κ1) is 15.1. The summed E-state index contributed by atoms with van der Waals surface area (Å²) in [4.78, 5) is 14.3. The molecule has 2 aromatic carbocycles. The van der Waals surface area contributed by atoms with E-state index in [0.29, 0.717) is 6.54 Å². The van der Waals surface area contributed by atoms with E-state index < -0.39 is 0 Å². The fraction of sp³-hybridized carbons (Fsp3) is 0.235. The minimum Gasteiger partial charge on any atom is -0.369 e. The van der Waals surface area contributed by atoms with Crippen LogP contribution in [0.3, 0.4) is 0 Å². The summed E-state index contributed by atoms with van der Waals surface area (Å²) < 4.78 is 1.03. The largest absolute Gasteiger partial charge is 0.369 e. The van der Waals surface area contributed by atoms with Crippen LogP contribution in [-0.4, -0.2) is 25.7 Å². The molecule has 0 saturated heterocycles. The van der Waals surface area contributed by atoms with E-state index in [1.165, 1.54) is 11.3 Å². The monoisotopic (exact) mass is 407 g/mol. The van der Waals surface area contributed by atoms with Crippen LogP contribution in [-0.2, 0) is 6.42 Å². The third kappa shape index (κ3) is 3.52. The number of nitrogens with zero attached hydrogens (tertiary/aromatic N) is 1. The average molecular weight is 407 g/mol. The lowest BCUT2D eigenvalue weighted by Gasteiger charge is -2.19. The number of rotatable bonds is 4. The Morgan fingerprint density at radius 3 is 2.77 bits per heavy atom. The molecule has 1 aliphatic heterocycles. The Morgan fingerprint density at radius 1 is 1.14 bits per heavy atom. The highest BCUT2D eigenvalue weighted by molar-refractivity contribution is 14.1. The predicted octanol–water partition coefficient (Wildman–Crippen LogP) is 3.48. The third-order valence-electron chi connectivity index (χ3n) is 3.77. The van der Waals surface area contributed by atoms with Gasteiger partial charge in [0.05, 0.1) is 5.69 Å². The molecule has 0 saturated carbocycles. The van der Waals surface area contributed by atoms with E-state index in [4.69, 9.17) is 0 Å². The summed E-state index contributed by atoms with van der Waals surface area (Å²) in [6.45, 7) is 2.49. The number of amides is 2. The average Bonchev–Trinajstić information content (AvgIpc) is 2.93. The zero-order valence-electron chi connectivity index (χ0n) is 12.2. The van der Waals surface area contributed by atoms with Crippen LogP contribution in [0.4, 0.5) is 16.2 Å². The molecule has 22 heavy (non-hydrogen) atoms. The molecule has 0 radical (unpaired) electrons. The maximum Gasteiger partial charge on any atom is 0.319 e. The summed E-state index contributed by atoms with van der Waals surface area (Å²) in [6, 6.07) is 16.0. The molecule has 2 N–H and O–H groups in total.